The smallest absolute Gasteiger partial charge is 0.0209 e. The van der Waals surface area contributed by atoms with Gasteiger partial charge in [-0.15, -0.1) is 0 Å². The lowest BCUT2D eigenvalue weighted by molar-refractivity contribution is 0.619. The monoisotopic (exact) mass is 300 g/mol. The van der Waals surface area contributed by atoms with Gasteiger partial charge in [-0.05, 0) is 36.1 Å². The molecule has 0 heterocycles. The fourth-order valence-electron chi connectivity index (χ4n) is 0.957. The Kier molecular flexibility index (Phi) is 8.28. The van der Waals surface area contributed by atoms with Crippen LogP contribution in [-0.4, -0.2) is 12.3 Å². The van der Waals surface area contributed by atoms with Crippen LogP contribution in [0.25, 0.3) is 0 Å². The van der Waals surface area contributed by atoms with Gasteiger partial charge in [-0.25, -0.2) is 0 Å². The zero-order valence-corrected chi connectivity index (χ0v) is 11.9. The van der Waals surface area contributed by atoms with Crippen LogP contribution in [0.15, 0.2) is 0 Å². The standard InChI is InChI=1S/C10H22IP/c1-5-10(4)8-12(11)7-6-9(2)3/h9-10H,5-8H2,1-4H3. The van der Waals surface area contributed by atoms with E-state index >= 15 is 0 Å². The lowest BCUT2D eigenvalue weighted by atomic mass is 10.2. The van der Waals surface area contributed by atoms with Crippen molar-refractivity contribution < 1.29 is 0 Å². The predicted molar refractivity (Wildman–Crippen MR) is 69.6 cm³/mol. The van der Waals surface area contributed by atoms with E-state index in [1.165, 1.54) is 25.2 Å². The molecule has 0 spiro atoms. The molecule has 0 fully saturated rings. The molecule has 0 aliphatic rings. The Hall–Kier alpha value is 1.16. The van der Waals surface area contributed by atoms with E-state index in [0.717, 1.165) is 11.8 Å². The normalized spacial score (nSPS) is 16.5. The van der Waals surface area contributed by atoms with E-state index in [-0.39, 0.29) is 0 Å². The summed E-state index contributed by atoms with van der Waals surface area (Å²) in [7, 11) is 0. The van der Waals surface area contributed by atoms with Crippen LogP contribution in [0.3, 0.4) is 0 Å². The van der Waals surface area contributed by atoms with Crippen LogP contribution in [0.2, 0.25) is 0 Å². The summed E-state index contributed by atoms with van der Waals surface area (Å²) in [5.74, 6) is 1.84. The third kappa shape index (κ3) is 7.79. The first kappa shape index (κ1) is 13.2. The number of hydrogen-bond donors (Lipinski definition) is 0. The van der Waals surface area contributed by atoms with Gasteiger partial charge in [-0.3, -0.25) is 0 Å². The highest BCUT2D eigenvalue weighted by Gasteiger charge is 2.08. The highest BCUT2D eigenvalue weighted by atomic mass is 127. The Morgan fingerprint density at radius 2 is 1.83 bits per heavy atom. The molecule has 0 aromatic carbocycles. The Morgan fingerprint density at radius 3 is 2.25 bits per heavy atom. The Morgan fingerprint density at radius 1 is 1.25 bits per heavy atom. The van der Waals surface area contributed by atoms with Crippen LogP contribution in [-0.2, 0) is 0 Å². The number of hydrogen-bond acceptors (Lipinski definition) is 0. The molecular weight excluding hydrogens is 278 g/mol. The van der Waals surface area contributed by atoms with Crippen LogP contribution in [0, 0.1) is 11.8 Å². The Balaban J connectivity index is 3.39. The first-order chi connectivity index (χ1) is 5.56. The third-order valence-corrected chi connectivity index (χ3v) is 6.55. The van der Waals surface area contributed by atoms with E-state index in [4.69, 9.17) is 0 Å². The fraction of sp³-hybridized carbons (Fsp3) is 1.00. The second-order valence-electron chi connectivity index (χ2n) is 4.06. The highest BCUT2D eigenvalue weighted by Crippen LogP contribution is 2.47. The van der Waals surface area contributed by atoms with Crippen LogP contribution in [0.1, 0.15) is 40.5 Å². The second-order valence-corrected chi connectivity index (χ2v) is 9.90. The van der Waals surface area contributed by atoms with E-state index in [9.17, 15) is 0 Å². The summed E-state index contributed by atoms with van der Waals surface area (Å²) < 4.78 is 0. The Bertz CT molecular complexity index is 104. The van der Waals surface area contributed by atoms with Crippen molar-refractivity contribution >= 4 is 27.6 Å². The molecule has 2 atom stereocenters. The Labute approximate surface area is 92.1 Å². The zero-order valence-electron chi connectivity index (χ0n) is 8.81. The van der Waals surface area contributed by atoms with Gasteiger partial charge in [0, 0.05) is 0 Å². The molecule has 74 valence electrons. The summed E-state index contributed by atoms with van der Waals surface area (Å²) in [5.41, 5.74) is 0.312. The van der Waals surface area contributed by atoms with Gasteiger partial charge in [-0.1, -0.05) is 56.2 Å². The van der Waals surface area contributed by atoms with Crippen molar-refractivity contribution in [3.8, 4) is 0 Å². The topological polar surface area (TPSA) is 0 Å². The highest BCUT2D eigenvalue weighted by molar-refractivity contribution is 14.2. The third-order valence-electron chi connectivity index (χ3n) is 2.16. The maximum Gasteiger partial charge on any atom is -0.0209 e. The zero-order chi connectivity index (χ0) is 9.56. The summed E-state index contributed by atoms with van der Waals surface area (Å²) in [6.07, 6.45) is 5.71. The van der Waals surface area contributed by atoms with Gasteiger partial charge in [0.15, 0.2) is 0 Å². The van der Waals surface area contributed by atoms with Crippen molar-refractivity contribution in [1.29, 1.82) is 0 Å². The van der Waals surface area contributed by atoms with Crippen molar-refractivity contribution in [3.05, 3.63) is 0 Å². The van der Waals surface area contributed by atoms with Gasteiger partial charge in [0.05, 0.1) is 0 Å². The quantitative estimate of drug-likeness (QED) is 0.483. The molecule has 0 saturated carbocycles. The van der Waals surface area contributed by atoms with Gasteiger partial charge >= 0.3 is 0 Å². The molecule has 0 bridgehead atoms. The molecular formula is C10H22IP. The summed E-state index contributed by atoms with van der Waals surface area (Å²) in [4.78, 5) is 0. The van der Waals surface area contributed by atoms with Gasteiger partial charge in [0.1, 0.15) is 0 Å². The minimum Gasteiger partial charge on any atom is -0.0651 e. The summed E-state index contributed by atoms with van der Waals surface area (Å²) in [6.45, 7) is 9.32. The maximum atomic E-state index is 2.68. The molecule has 0 aromatic heterocycles. The second kappa shape index (κ2) is 7.55. The molecule has 0 aliphatic heterocycles. The molecule has 0 saturated heterocycles. The van der Waals surface area contributed by atoms with E-state index in [1.54, 1.807) is 0 Å². The molecule has 0 aliphatic carbocycles. The molecule has 0 nitrogen and oxygen atoms in total. The van der Waals surface area contributed by atoms with E-state index in [0.29, 0.717) is 5.56 Å². The van der Waals surface area contributed by atoms with Crippen molar-refractivity contribution in [2.75, 3.05) is 12.3 Å². The first-order valence-corrected chi connectivity index (χ1v) is 9.46. The molecule has 0 N–H and O–H groups in total. The molecule has 0 amide bonds. The average molecular weight is 300 g/mol. The molecule has 12 heavy (non-hydrogen) atoms. The van der Waals surface area contributed by atoms with E-state index < -0.39 is 0 Å². The minimum absolute atomic E-state index is 0.312. The average Bonchev–Trinajstić information content (AvgIpc) is 2.00. The molecule has 0 aromatic rings. The van der Waals surface area contributed by atoms with Crippen molar-refractivity contribution in [2.24, 2.45) is 11.8 Å². The minimum atomic E-state index is 0.312. The largest absolute Gasteiger partial charge is 0.0651 e. The van der Waals surface area contributed by atoms with Crippen LogP contribution < -0.4 is 0 Å². The van der Waals surface area contributed by atoms with Gasteiger partial charge < -0.3 is 0 Å². The van der Waals surface area contributed by atoms with Gasteiger partial charge in [0.25, 0.3) is 0 Å². The van der Waals surface area contributed by atoms with Crippen LogP contribution >= 0.6 is 27.6 Å². The maximum absolute atomic E-state index is 2.68. The molecule has 0 radical (unpaired) electrons. The van der Waals surface area contributed by atoms with Crippen molar-refractivity contribution in [3.63, 3.8) is 0 Å². The van der Waals surface area contributed by atoms with E-state index in [2.05, 4.69) is 49.7 Å². The molecule has 0 rings (SSSR count). The summed E-state index contributed by atoms with van der Waals surface area (Å²) in [5, 5.41) is 0. The molecule has 2 unspecified atom stereocenters. The predicted octanol–water partition coefficient (Wildman–Crippen LogP) is 4.91. The summed E-state index contributed by atoms with van der Waals surface area (Å²) >= 11 is 2.68. The van der Waals surface area contributed by atoms with Crippen LogP contribution in [0.5, 0.6) is 0 Å². The van der Waals surface area contributed by atoms with Crippen LogP contribution in [0.4, 0.5) is 0 Å². The first-order valence-electron chi connectivity index (χ1n) is 4.97. The lowest BCUT2D eigenvalue weighted by Crippen LogP contribution is -1.99. The number of rotatable bonds is 6. The molecule has 2 heteroatoms. The SMILES string of the molecule is CCC(C)CP(I)CCC(C)C. The van der Waals surface area contributed by atoms with E-state index in [1.807, 2.05) is 0 Å². The lowest BCUT2D eigenvalue weighted by Gasteiger charge is -2.15. The van der Waals surface area contributed by atoms with Crippen molar-refractivity contribution in [1.82, 2.24) is 0 Å². The van der Waals surface area contributed by atoms with Gasteiger partial charge in [-0.2, -0.15) is 0 Å². The van der Waals surface area contributed by atoms with Gasteiger partial charge in [0.2, 0.25) is 0 Å². The summed E-state index contributed by atoms with van der Waals surface area (Å²) in [6, 6.07) is 0. The number of halogens is 1. The van der Waals surface area contributed by atoms with Crippen molar-refractivity contribution in [2.45, 2.75) is 40.5 Å². The fourth-order valence-corrected chi connectivity index (χ4v) is 5.72.